The third kappa shape index (κ3) is 4.34. The zero-order chi connectivity index (χ0) is 21.4. The number of rotatable bonds is 3. The van der Waals surface area contributed by atoms with E-state index in [1.54, 1.807) is 11.8 Å². The van der Waals surface area contributed by atoms with Gasteiger partial charge in [0.1, 0.15) is 11.6 Å². The fourth-order valence-corrected chi connectivity index (χ4v) is 3.85. The van der Waals surface area contributed by atoms with Crippen LogP contribution in [-0.4, -0.2) is 60.9 Å². The zero-order valence-corrected chi connectivity index (χ0v) is 16.6. The van der Waals surface area contributed by atoms with Crippen LogP contribution >= 0.6 is 0 Å². The summed E-state index contributed by atoms with van der Waals surface area (Å²) in [5.74, 6) is 1.08. The van der Waals surface area contributed by atoms with Crippen LogP contribution in [0.15, 0.2) is 35.2 Å². The summed E-state index contributed by atoms with van der Waals surface area (Å²) in [6.45, 7) is 5.58. The van der Waals surface area contributed by atoms with Crippen LogP contribution in [0.1, 0.15) is 21.9 Å². The SMILES string of the molecule is Cc1cc(N2CCN(C(=O)c3ccc(S(=O)(=O)C(F)(F)F)cc3)CC2)nc(C)n1. The number of halogens is 3. The summed E-state index contributed by atoms with van der Waals surface area (Å²) in [5.41, 5.74) is -4.40. The fourth-order valence-electron chi connectivity index (χ4n) is 3.09. The van der Waals surface area contributed by atoms with Gasteiger partial charge >= 0.3 is 5.51 Å². The Morgan fingerprint density at radius 1 is 1.00 bits per heavy atom. The molecule has 1 amide bonds. The summed E-state index contributed by atoms with van der Waals surface area (Å²) >= 11 is 0. The van der Waals surface area contributed by atoms with E-state index in [2.05, 4.69) is 9.97 Å². The van der Waals surface area contributed by atoms with Crippen LogP contribution in [-0.2, 0) is 9.84 Å². The molecule has 2 heterocycles. The Bertz CT molecular complexity index is 995. The molecule has 1 aliphatic rings. The molecule has 11 heteroatoms. The predicted octanol–water partition coefficient (Wildman–Crippen LogP) is 2.35. The van der Waals surface area contributed by atoms with E-state index in [1.807, 2.05) is 17.9 Å². The summed E-state index contributed by atoms with van der Waals surface area (Å²) in [5, 5.41) is 0. The molecule has 0 bridgehead atoms. The third-order valence-electron chi connectivity index (χ3n) is 4.56. The van der Waals surface area contributed by atoms with E-state index in [1.165, 1.54) is 0 Å². The van der Waals surface area contributed by atoms with Gasteiger partial charge in [0.2, 0.25) is 0 Å². The quantitative estimate of drug-likeness (QED) is 0.746. The third-order valence-corrected chi connectivity index (χ3v) is 6.06. The highest BCUT2D eigenvalue weighted by molar-refractivity contribution is 7.92. The summed E-state index contributed by atoms with van der Waals surface area (Å²) < 4.78 is 60.7. The van der Waals surface area contributed by atoms with Crippen molar-refractivity contribution in [1.82, 2.24) is 14.9 Å². The van der Waals surface area contributed by atoms with Crippen molar-refractivity contribution < 1.29 is 26.4 Å². The van der Waals surface area contributed by atoms with E-state index in [0.29, 0.717) is 32.0 Å². The Kier molecular flexibility index (Phi) is 5.52. The molecular weight excluding hydrogens is 409 g/mol. The second-order valence-electron chi connectivity index (χ2n) is 6.67. The standard InChI is InChI=1S/C18H19F3N4O3S/c1-12-11-16(23-13(2)22-12)24-7-9-25(10-8-24)17(26)14-3-5-15(6-4-14)29(27,28)18(19,20)21/h3-6,11H,7-10H2,1-2H3. The van der Waals surface area contributed by atoms with Crippen LogP contribution in [0.25, 0.3) is 0 Å². The number of carbonyl (C=O) groups is 1. The molecule has 156 valence electrons. The number of alkyl halides is 3. The highest BCUT2D eigenvalue weighted by atomic mass is 32.2. The molecule has 0 atom stereocenters. The average molecular weight is 428 g/mol. The lowest BCUT2D eigenvalue weighted by Gasteiger charge is -2.35. The summed E-state index contributed by atoms with van der Waals surface area (Å²) in [6.07, 6.45) is 0. The maximum atomic E-state index is 12.6. The molecule has 1 saturated heterocycles. The number of hydrogen-bond acceptors (Lipinski definition) is 6. The van der Waals surface area contributed by atoms with Gasteiger partial charge in [0.25, 0.3) is 15.7 Å². The van der Waals surface area contributed by atoms with E-state index < -0.39 is 20.2 Å². The smallest absolute Gasteiger partial charge is 0.353 e. The number of anilines is 1. The first-order valence-electron chi connectivity index (χ1n) is 8.77. The number of aromatic nitrogens is 2. The average Bonchev–Trinajstić information content (AvgIpc) is 2.66. The van der Waals surface area contributed by atoms with Crippen LogP contribution in [0.2, 0.25) is 0 Å². The fraction of sp³-hybridized carbons (Fsp3) is 0.389. The summed E-state index contributed by atoms with van der Waals surface area (Å²) in [6, 6.07) is 5.68. The molecule has 3 rings (SSSR count). The lowest BCUT2D eigenvalue weighted by Crippen LogP contribution is -2.49. The second-order valence-corrected chi connectivity index (χ2v) is 8.61. The number of carbonyl (C=O) groups excluding carboxylic acids is 1. The number of sulfone groups is 1. The summed E-state index contributed by atoms with van der Waals surface area (Å²) in [4.78, 5) is 24.0. The van der Waals surface area contributed by atoms with Crippen molar-refractivity contribution in [3.8, 4) is 0 Å². The molecule has 0 aliphatic carbocycles. The van der Waals surface area contributed by atoms with Gasteiger partial charge in [-0.25, -0.2) is 18.4 Å². The van der Waals surface area contributed by atoms with Crippen molar-refractivity contribution in [3.05, 3.63) is 47.4 Å². The van der Waals surface area contributed by atoms with Crippen molar-refractivity contribution in [3.63, 3.8) is 0 Å². The Morgan fingerprint density at radius 2 is 1.59 bits per heavy atom. The van der Waals surface area contributed by atoms with Crippen LogP contribution < -0.4 is 4.90 Å². The molecule has 1 aromatic carbocycles. The van der Waals surface area contributed by atoms with Gasteiger partial charge in [-0.3, -0.25) is 4.79 Å². The van der Waals surface area contributed by atoms with Crippen LogP contribution in [0.5, 0.6) is 0 Å². The van der Waals surface area contributed by atoms with Crippen molar-refractivity contribution in [2.75, 3.05) is 31.1 Å². The second kappa shape index (κ2) is 7.62. The largest absolute Gasteiger partial charge is 0.501 e. The first-order chi connectivity index (χ1) is 13.5. The van der Waals surface area contributed by atoms with E-state index in [-0.39, 0.29) is 11.5 Å². The topological polar surface area (TPSA) is 83.5 Å². The van der Waals surface area contributed by atoms with E-state index >= 15 is 0 Å². The lowest BCUT2D eigenvalue weighted by molar-refractivity contribution is -0.0436. The van der Waals surface area contributed by atoms with Crippen LogP contribution in [0.3, 0.4) is 0 Å². The predicted molar refractivity (Wildman–Crippen MR) is 99.3 cm³/mol. The summed E-state index contributed by atoms with van der Waals surface area (Å²) in [7, 11) is -5.43. The molecule has 29 heavy (non-hydrogen) atoms. The Hall–Kier alpha value is -2.69. The lowest BCUT2D eigenvalue weighted by atomic mass is 10.2. The highest BCUT2D eigenvalue weighted by Crippen LogP contribution is 2.30. The Balaban J connectivity index is 1.68. The Morgan fingerprint density at radius 3 is 2.10 bits per heavy atom. The number of piperazine rings is 1. The van der Waals surface area contributed by atoms with Gasteiger partial charge in [-0.2, -0.15) is 13.2 Å². The molecule has 7 nitrogen and oxygen atoms in total. The van der Waals surface area contributed by atoms with Gasteiger partial charge in [-0.05, 0) is 38.1 Å². The van der Waals surface area contributed by atoms with Gasteiger partial charge in [0.05, 0.1) is 4.90 Å². The molecule has 1 aliphatic heterocycles. The molecule has 0 saturated carbocycles. The molecule has 2 aromatic rings. The molecule has 0 unspecified atom stereocenters. The van der Waals surface area contributed by atoms with Gasteiger partial charge in [-0.15, -0.1) is 0 Å². The minimum Gasteiger partial charge on any atom is -0.353 e. The van der Waals surface area contributed by atoms with Crippen LogP contribution in [0, 0.1) is 13.8 Å². The molecule has 0 spiro atoms. The molecule has 0 N–H and O–H groups in total. The van der Waals surface area contributed by atoms with E-state index in [9.17, 15) is 26.4 Å². The van der Waals surface area contributed by atoms with Gasteiger partial charge in [0, 0.05) is 43.5 Å². The van der Waals surface area contributed by atoms with Crippen molar-refractivity contribution >= 4 is 21.6 Å². The van der Waals surface area contributed by atoms with Gasteiger partial charge in [0.15, 0.2) is 0 Å². The van der Waals surface area contributed by atoms with Crippen molar-refractivity contribution in [1.29, 1.82) is 0 Å². The highest BCUT2D eigenvalue weighted by Gasteiger charge is 2.46. The maximum absolute atomic E-state index is 12.6. The van der Waals surface area contributed by atoms with Gasteiger partial charge < -0.3 is 9.80 Å². The zero-order valence-electron chi connectivity index (χ0n) is 15.8. The van der Waals surface area contributed by atoms with E-state index in [4.69, 9.17) is 0 Å². The molecule has 1 fully saturated rings. The first kappa shape index (κ1) is 21.0. The molecular formula is C18H19F3N4O3S. The Labute approximate surface area is 166 Å². The number of nitrogens with zero attached hydrogens (tertiary/aromatic N) is 4. The number of hydrogen-bond donors (Lipinski definition) is 0. The minimum atomic E-state index is -5.43. The number of benzene rings is 1. The van der Waals surface area contributed by atoms with E-state index in [0.717, 1.165) is 35.8 Å². The minimum absolute atomic E-state index is 0.133. The normalized spacial score (nSPS) is 15.5. The maximum Gasteiger partial charge on any atom is 0.501 e. The molecule has 1 aromatic heterocycles. The number of aryl methyl sites for hydroxylation is 2. The monoisotopic (exact) mass is 428 g/mol. The van der Waals surface area contributed by atoms with Gasteiger partial charge in [-0.1, -0.05) is 0 Å². The number of amides is 1. The first-order valence-corrected chi connectivity index (χ1v) is 10.3. The van der Waals surface area contributed by atoms with Crippen LogP contribution in [0.4, 0.5) is 19.0 Å². The van der Waals surface area contributed by atoms with Crippen molar-refractivity contribution in [2.24, 2.45) is 0 Å². The molecule has 0 radical (unpaired) electrons. The van der Waals surface area contributed by atoms with Crippen molar-refractivity contribution in [2.45, 2.75) is 24.3 Å².